The Morgan fingerprint density at radius 3 is 3.12 bits per heavy atom. The minimum Gasteiger partial charge on any atom is -0.481 e. The molecule has 1 unspecified atom stereocenters. The number of carbonyl (C=O) groups is 1. The molecule has 2 heterocycles. The third-order valence-electron chi connectivity index (χ3n) is 2.03. The molecule has 0 saturated carbocycles. The highest BCUT2D eigenvalue weighted by Crippen LogP contribution is 2.23. The van der Waals surface area contributed by atoms with Gasteiger partial charge in [-0.2, -0.15) is 0 Å². The van der Waals surface area contributed by atoms with E-state index in [4.69, 9.17) is 5.11 Å². The van der Waals surface area contributed by atoms with Gasteiger partial charge in [0.05, 0.1) is 22.9 Å². The lowest BCUT2D eigenvalue weighted by Gasteiger charge is -2.09. The molecule has 1 atom stereocenters. The zero-order valence-electron chi connectivity index (χ0n) is 8.44. The van der Waals surface area contributed by atoms with E-state index in [0.29, 0.717) is 5.82 Å². The summed E-state index contributed by atoms with van der Waals surface area (Å²) >= 11 is 1.41. The zero-order valence-corrected chi connectivity index (χ0v) is 9.26. The lowest BCUT2D eigenvalue weighted by molar-refractivity contribution is -0.137. The predicted molar refractivity (Wildman–Crippen MR) is 55.9 cm³/mol. The highest BCUT2D eigenvalue weighted by atomic mass is 32.1. The molecule has 0 aliphatic heterocycles. The van der Waals surface area contributed by atoms with E-state index >= 15 is 0 Å². The summed E-state index contributed by atoms with van der Waals surface area (Å²) in [5, 5.41) is 19.9. The number of hydrogen-bond donors (Lipinski definition) is 1. The molecule has 7 nitrogen and oxygen atoms in total. The van der Waals surface area contributed by atoms with Gasteiger partial charge in [0, 0.05) is 6.20 Å². The first-order valence-electron chi connectivity index (χ1n) is 4.57. The standard InChI is InChI=1S/C8H9N5O2S/c1-5(2-7(14)15)13-8(10-11-12-13)6-3-9-4-16-6/h3-5H,2H2,1H3,(H,14,15). The van der Waals surface area contributed by atoms with Crippen LogP contribution < -0.4 is 0 Å². The van der Waals surface area contributed by atoms with E-state index in [1.807, 2.05) is 0 Å². The minimum absolute atomic E-state index is 0.0170. The summed E-state index contributed by atoms with van der Waals surface area (Å²) in [4.78, 5) is 15.4. The number of hydrogen-bond acceptors (Lipinski definition) is 6. The smallest absolute Gasteiger partial charge is 0.305 e. The van der Waals surface area contributed by atoms with Crippen LogP contribution in [0.4, 0.5) is 0 Å². The van der Waals surface area contributed by atoms with Gasteiger partial charge in [-0.3, -0.25) is 9.78 Å². The zero-order chi connectivity index (χ0) is 11.5. The summed E-state index contributed by atoms with van der Waals surface area (Å²) < 4.78 is 1.50. The number of aliphatic carboxylic acids is 1. The van der Waals surface area contributed by atoms with Gasteiger partial charge in [0.15, 0.2) is 5.82 Å². The largest absolute Gasteiger partial charge is 0.481 e. The van der Waals surface area contributed by atoms with Gasteiger partial charge in [-0.15, -0.1) is 16.4 Å². The molecule has 8 heteroatoms. The fourth-order valence-corrected chi connectivity index (χ4v) is 1.91. The summed E-state index contributed by atoms with van der Waals surface area (Å²) in [5.74, 6) is -0.325. The van der Waals surface area contributed by atoms with Crippen molar-refractivity contribution in [3.05, 3.63) is 11.7 Å². The first-order valence-corrected chi connectivity index (χ1v) is 5.45. The van der Waals surface area contributed by atoms with Crippen LogP contribution in [0.1, 0.15) is 19.4 Å². The van der Waals surface area contributed by atoms with Crippen LogP contribution in [0, 0.1) is 0 Å². The first-order chi connectivity index (χ1) is 7.68. The summed E-state index contributed by atoms with van der Waals surface area (Å²) in [6.07, 6.45) is 1.64. The van der Waals surface area contributed by atoms with E-state index in [-0.39, 0.29) is 12.5 Å². The van der Waals surface area contributed by atoms with Crippen LogP contribution in [0.15, 0.2) is 11.7 Å². The Balaban J connectivity index is 2.29. The van der Waals surface area contributed by atoms with E-state index in [1.165, 1.54) is 16.0 Å². The summed E-state index contributed by atoms with van der Waals surface area (Å²) in [6, 6.07) is -0.287. The van der Waals surface area contributed by atoms with Crippen LogP contribution in [0.3, 0.4) is 0 Å². The lowest BCUT2D eigenvalue weighted by atomic mass is 10.2. The van der Waals surface area contributed by atoms with Gasteiger partial charge in [0.25, 0.3) is 0 Å². The van der Waals surface area contributed by atoms with Crippen molar-refractivity contribution in [2.45, 2.75) is 19.4 Å². The number of thiazole rings is 1. The number of nitrogens with zero attached hydrogens (tertiary/aromatic N) is 5. The van der Waals surface area contributed by atoms with E-state index in [0.717, 1.165) is 4.88 Å². The lowest BCUT2D eigenvalue weighted by Crippen LogP contribution is -2.13. The van der Waals surface area contributed by atoms with Crippen LogP contribution in [0.5, 0.6) is 0 Å². The van der Waals surface area contributed by atoms with Crippen molar-refractivity contribution in [1.82, 2.24) is 25.2 Å². The maximum absolute atomic E-state index is 10.6. The van der Waals surface area contributed by atoms with E-state index < -0.39 is 5.97 Å². The monoisotopic (exact) mass is 239 g/mol. The SMILES string of the molecule is CC(CC(=O)O)n1nnnc1-c1cncs1. The molecule has 16 heavy (non-hydrogen) atoms. The van der Waals surface area contributed by atoms with Gasteiger partial charge in [0.1, 0.15) is 0 Å². The molecule has 1 N–H and O–H groups in total. The molecule has 2 aromatic heterocycles. The average molecular weight is 239 g/mol. The predicted octanol–water partition coefficient (Wildman–Crippen LogP) is 0.832. The number of carboxylic acid groups (broad SMARTS) is 1. The molecule has 0 saturated heterocycles. The molecule has 0 spiro atoms. The summed E-state index contributed by atoms with van der Waals surface area (Å²) in [7, 11) is 0. The van der Waals surface area contributed by atoms with E-state index in [1.54, 1.807) is 18.6 Å². The summed E-state index contributed by atoms with van der Waals surface area (Å²) in [5.41, 5.74) is 1.68. The van der Waals surface area contributed by atoms with Crippen LogP contribution in [0.25, 0.3) is 10.7 Å². The Hall–Kier alpha value is -1.83. The Labute approximate surface area is 94.7 Å². The van der Waals surface area contributed by atoms with Crippen molar-refractivity contribution in [1.29, 1.82) is 0 Å². The molecular formula is C8H9N5O2S. The number of carboxylic acids is 1. The van der Waals surface area contributed by atoms with Crippen LogP contribution >= 0.6 is 11.3 Å². The van der Waals surface area contributed by atoms with Gasteiger partial charge < -0.3 is 5.11 Å². The fraction of sp³-hybridized carbons (Fsp3) is 0.375. The Bertz CT molecular complexity index is 480. The molecule has 0 aromatic carbocycles. The molecule has 0 amide bonds. The molecule has 0 aliphatic carbocycles. The maximum Gasteiger partial charge on any atom is 0.305 e. The van der Waals surface area contributed by atoms with Gasteiger partial charge >= 0.3 is 5.97 Å². The second-order valence-electron chi connectivity index (χ2n) is 3.26. The quantitative estimate of drug-likeness (QED) is 0.849. The number of tetrazole rings is 1. The van der Waals surface area contributed by atoms with Crippen molar-refractivity contribution in [3.8, 4) is 10.7 Å². The molecule has 0 bridgehead atoms. The fourth-order valence-electron chi connectivity index (χ4n) is 1.32. The van der Waals surface area contributed by atoms with Crippen molar-refractivity contribution < 1.29 is 9.90 Å². The molecule has 0 fully saturated rings. The van der Waals surface area contributed by atoms with Crippen LogP contribution in [0.2, 0.25) is 0 Å². The van der Waals surface area contributed by atoms with Gasteiger partial charge in [0.2, 0.25) is 0 Å². The number of aromatic nitrogens is 5. The average Bonchev–Trinajstić information content (AvgIpc) is 2.87. The highest BCUT2D eigenvalue weighted by molar-refractivity contribution is 7.13. The third-order valence-corrected chi connectivity index (χ3v) is 2.80. The van der Waals surface area contributed by atoms with E-state index in [9.17, 15) is 4.79 Å². The number of rotatable bonds is 4. The Kier molecular flexibility index (Phi) is 2.91. The second-order valence-corrected chi connectivity index (χ2v) is 4.15. The molecule has 2 aromatic rings. The van der Waals surface area contributed by atoms with Crippen LogP contribution in [-0.2, 0) is 4.79 Å². The molecule has 84 valence electrons. The summed E-state index contributed by atoms with van der Waals surface area (Å²) in [6.45, 7) is 1.76. The normalized spacial score (nSPS) is 12.6. The van der Waals surface area contributed by atoms with Crippen molar-refractivity contribution >= 4 is 17.3 Å². The molecule has 2 rings (SSSR count). The third kappa shape index (κ3) is 2.06. The van der Waals surface area contributed by atoms with E-state index in [2.05, 4.69) is 20.5 Å². The van der Waals surface area contributed by atoms with Crippen molar-refractivity contribution in [2.24, 2.45) is 0 Å². The highest BCUT2D eigenvalue weighted by Gasteiger charge is 2.17. The van der Waals surface area contributed by atoms with Crippen molar-refractivity contribution in [3.63, 3.8) is 0 Å². The molecule has 0 radical (unpaired) electrons. The van der Waals surface area contributed by atoms with Gasteiger partial charge in [-0.1, -0.05) is 0 Å². The Morgan fingerprint density at radius 1 is 1.69 bits per heavy atom. The van der Waals surface area contributed by atoms with Gasteiger partial charge in [-0.05, 0) is 17.4 Å². The van der Waals surface area contributed by atoms with Crippen LogP contribution in [-0.4, -0.2) is 36.3 Å². The first kappa shape index (κ1) is 10.7. The topological polar surface area (TPSA) is 93.8 Å². The Morgan fingerprint density at radius 2 is 2.50 bits per heavy atom. The van der Waals surface area contributed by atoms with Gasteiger partial charge in [-0.25, -0.2) is 4.68 Å². The van der Waals surface area contributed by atoms with Crippen molar-refractivity contribution in [2.75, 3.05) is 0 Å². The second kappa shape index (κ2) is 4.35. The minimum atomic E-state index is -0.877. The maximum atomic E-state index is 10.6. The molecular weight excluding hydrogens is 230 g/mol. The molecule has 0 aliphatic rings.